The lowest BCUT2D eigenvalue weighted by Gasteiger charge is -2.49. The van der Waals surface area contributed by atoms with Crippen LogP contribution in [0.5, 0.6) is 0 Å². The van der Waals surface area contributed by atoms with Gasteiger partial charge < -0.3 is 24.9 Å². The van der Waals surface area contributed by atoms with Gasteiger partial charge in [-0.25, -0.2) is 19.3 Å². The van der Waals surface area contributed by atoms with Crippen molar-refractivity contribution in [3.8, 4) is 0 Å². The zero-order valence-electron chi connectivity index (χ0n) is 40.0. The summed E-state index contributed by atoms with van der Waals surface area (Å²) < 4.78 is 13.3. The summed E-state index contributed by atoms with van der Waals surface area (Å²) in [4.78, 5) is 68.4. The molecule has 2 unspecified atom stereocenters. The van der Waals surface area contributed by atoms with E-state index in [0.29, 0.717) is 15.9 Å². The van der Waals surface area contributed by atoms with Crippen LogP contribution in [0.25, 0.3) is 0 Å². The highest BCUT2D eigenvalue weighted by molar-refractivity contribution is 8.02. The zero-order chi connectivity index (χ0) is 51.0. The molecule has 0 aliphatic carbocycles. The Kier molecular flexibility index (Phi) is 15.3. The summed E-state index contributed by atoms with van der Waals surface area (Å²) in [5, 5.41) is 26.0. The van der Waals surface area contributed by atoms with E-state index in [9.17, 15) is 19.2 Å². The minimum atomic E-state index is -1.11. The first-order valence-electron chi connectivity index (χ1n) is 23.1. The zero-order valence-corrected chi connectivity index (χ0v) is 42.5. The lowest BCUT2D eigenvalue weighted by Crippen LogP contribution is -2.71. The van der Waals surface area contributed by atoms with Crippen molar-refractivity contribution in [3.63, 3.8) is 0 Å². The molecule has 1 fully saturated rings. The number of thioether (sulfide) groups is 2. The molecule has 7 aromatic rings. The summed E-state index contributed by atoms with van der Waals surface area (Å²) >= 11 is 3.83. The number of ether oxygens (including phenoxy) is 2. The highest BCUT2D eigenvalue weighted by Gasteiger charge is 2.55. The number of carbonyl (C=O) groups is 4. The van der Waals surface area contributed by atoms with E-state index in [4.69, 9.17) is 19.3 Å². The number of rotatable bonds is 18. The molecule has 2 aliphatic heterocycles. The molecule has 0 bridgehead atoms. The van der Waals surface area contributed by atoms with Gasteiger partial charge in [0.25, 0.3) is 11.8 Å². The Hall–Kier alpha value is -7.87. The molecule has 0 spiro atoms. The summed E-state index contributed by atoms with van der Waals surface area (Å²) in [5.41, 5.74) is 2.88. The molecule has 5 aromatic carbocycles. The first kappa shape index (κ1) is 50.1. The van der Waals surface area contributed by atoms with Gasteiger partial charge in [0.1, 0.15) is 33.9 Å². The quantitative estimate of drug-likeness (QED) is 0.0208. The van der Waals surface area contributed by atoms with Gasteiger partial charge in [-0.3, -0.25) is 14.5 Å². The van der Waals surface area contributed by atoms with Crippen LogP contribution in [0, 0.1) is 0 Å². The number of fused-ring (bicyclic) bond motifs is 1. The molecular weight excluding hydrogens is 983 g/mol. The smallest absolute Gasteiger partial charge is 0.356 e. The number of allylic oxidation sites excluding steroid dienone is 1. The third-order valence-electron chi connectivity index (χ3n) is 11.6. The maximum atomic E-state index is 14.7. The molecule has 370 valence electrons. The van der Waals surface area contributed by atoms with Crippen LogP contribution < -0.4 is 10.6 Å². The standard InChI is InChI=1S/C54H49N9O7S3/c1-53(2,3)70-42(64)32-68-59-43(41-34-73-51(55-41)57-54(38-24-14-7-15-25-38,39-26-16-8-17-27-39)40-28-18-9-19-29-40)47(65)56-44-48(66)63-45(37(33-72-49(44)63)30-31-71-52-58-60-61-62(52)4)50(67)69-46(35-20-10-5-11-21-35)36-22-12-6-13-23-36/h5-31,34,44,46,49H,32-33H2,1-4H3,(H,55,57)(H,56,65)/b31-30+,59-43-. The van der Waals surface area contributed by atoms with Gasteiger partial charge in [-0.1, -0.05) is 169 Å². The summed E-state index contributed by atoms with van der Waals surface area (Å²) in [5.74, 6) is -2.53. The number of aryl methyl sites for hydroxylation is 1. The second kappa shape index (κ2) is 22.3. The first-order valence-corrected chi connectivity index (χ1v) is 25.9. The number of amides is 2. The molecule has 0 saturated carbocycles. The lowest BCUT2D eigenvalue weighted by molar-refractivity contribution is -0.160. The number of aromatic nitrogens is 5. The summed E-state index contributed by atoms with van der Waals surface area (Å²) in [6, 6.07) is 47.5. The number of anilines is 1. The van der Waals surface area contributed by atoms with E-state index in [1.807, 2.05) is 152 Å². The predicted molar refractivity (Wildman–Crippen MR) is 280 cm³/mol. The number of nitrogens with one attached hydrogen (secondary N) is 2. The van der Waals surface area contributed by atoms with E-state index in [-0.39, 0.29) is 22.9 Å². The molecule has 0 radical (unpaired) electrons. The Balaban J connectivity index is 1.02. The number of benzene rings is 5. The fourth-order valence-electron chi connectivity index (χ4n) is 8.32. The van der Waals surface area contributed by atoms with Crippen LogP contribution in [-0.4, -0.2) is 88.9 Å². The maximum absolute atomic E-state index is 14.7. The van der Waals surface area contributed by atoms with E-state index in [1.165, 1.54) is 44.4 Å². The van der Waals surface area contributed by atoms with E-state index < -0.39 is 59.0 Å². The van der Waals surface area contributed by atoms with Crippen LogP contribution in [-0.2, 0) is 46.1 Å². The topological polar surface area (TPSA) is 192 Å². The summed E-state index contributed by atoms with van der Waals surface area (Å²) in [6.07, 6.45) is 0.933. The number of carbonyl (C=O) groups excluding carboxylic acids is 4. The Morgan fingerprint density at radius 3 is 1.93 bits per heavy atom. The SMILES string of the molecule is Cn1nnnc1S/C=C/C1=C(C(=O)OC(c2ccccc2)c2ccccc2)N2C(=O)C(NC(=O)/C(=N\OCC(=O)OC(C)(C)C)c3csc(NC(c4ccccc4)(c4ccccc4)c4ccccc4)n3)C2SC1. The largest absolute Gasteiger partial charge is 0.457 e. The van der Waals surface area contributed by atoms with Crippen molar-refractivity contribution in [1.29, 1.82) is 0 Å². The maximum Gasteiger partial charge on any atom is 0.356 e. The van der Waals surface area contributed by atoms with Gasteiger partial charge in [-0.05, 0) is 76.1 Å². The number of thiazole rings is 1. The van der Waals surface area contributed by atoms with Crippen LogP contribution in [0.3, 0.4) is 0 Å². The molecule has 9 rings (SSSR count). The Morgan fingerprint density at radius 1 is 0.836 bits per heavy atom. The number of esters is 2. The van der Waals surface area contributed by atoms with Gasteiger partial charge in [-0.2, -0.15) is 0 Å². The Morgan fingerprint density at radius 2 is 1.40 bits per heavy atom. The van der Waals surface area contributed by atoms with E-state index in [2.05, 4.69) is 31.3 Å². The average molecular weight is 1030 g/mol. The van der Waals surface area contributed by atoms with Crippen molar-refractivity contribution in [2.45, 2.75) is 54.6 Å². The van der Waals surface area contributed by atoms with Gasteiger partial charge in [-0.15, -0.1) is 28.2 Å². The van der Waals surface area contributed by atoms with Gasteiger partial charge in [0.2, 0.25) is 11.8 Å². The number of nitrogens with zero attached hydrogens (tertiary/aromatic N) is 7. The third-order valence-corrected chi connectivity index (χ3v) is 14.5. The molecule has 2 aliphatic rings. The van der Waals surface area contributed by atoms with Crippen LogP contribution in [0.15, 0.2) is 190 Å². The van der Waals surface area contributed by atoms with Gasteiger partial charge >= 0.3 is 11.9 Å². The molecule has 2 amide bonds. The molecule has 16 nitrogen and oxygen atoms in total. The normalized spacial score (nSPS) is 15.9. The minimum absolute atomic E-state index is 0.0348. The van der Waals surface area contributed by atoms with Gasteiger partial charge in [0, 0.05) is 18.2 Å². The number of hydrogen-bond acceptors (Lipinski definition) is 16. The predicted octanol–water partition coefficient (Wildman–Crippen LogP) is 8.43. The fourth-order valence-corrected chi connectivity index (χ4v) is 11.0. The third kappa shape index (κ3) is 11.3. The average Bonchev–Trinajstić information content (AvgIpc) is 4.05. The molecule has 1 saturated heterocycles. The van der Waals surface area contributed by atoms with Crippen molar-refractivity contribution in [1.82, 2.24) is 35.4 Å². The Labute approximate surface area is 433 Å². The molecule has 4 heterocycles. The monoisotopic (exact) mass is 1030 g/mol. The van der Waals surface area contributed by atoms with Gasteiger partial charge in [0.05, 0.1) is 0 Å². The van der Waals surface area contributed by atoms with Crippen molar-refractivity contribution in [2.24, 2.45) is 12.2 Å². The molecule has 19 heteroatoms. The molecule has 2 aromatic heterocycles. The van der Waals surface area contributed by atoms with Crippen molar-refractivity contribution in [3.05, 3.63) is 213 Å². The van der Waals surface area contributed by atoms with Crippen molar-refractivity contribution < 1.29 is 33.5 Å². The molecule has 73 heavy (non-hydrogen) atoms. The second-order valence-electron chi connectivity index (χ2n) is 17.7. The summed E-state index contributed by atoms with van der Waals surface area (Å²) in [7, 11) is 1.71. The van der Waals surface area contributed by atoms with E-state index in [0.717, 1.165) is 27.8 Å². The fraction of sp³-hybridized carbons (Fsp3) is 0.204. The summed E-state index contributed by atoms with van der Waals surface area (Å²) in [6.45, 7) is 4.56. The number of oxime groups is 1. The van der Waals surface area contributed by atoms with Crippen LogP contribution in [0.1, 0.15) is 60.4 Å². The number of tetrazole rings is 1. The minimum Gasteiger partial charge on any atom is -0.457 e. The molecular formula is C54H49N9O7S3. The number of β-lactam (4-membered cyclic amide) rings is 1. The Bertz CT molecular complexity index is 3030. The van der Waals surface area contributed by atoms with Crippen LogP contribution >= 0.6 is 34.9 Å². The van der Waals surface area contributed by atoms with Gasteiger partial charge in [0.15, 0.2) is 16.9 Å². The number of hydrogen-bond donors (Lipinski definition) is 2. The van der Waals surface area contributed by atoms with Crippen LogP contribution in [0.4, 0.5) is 5.13 Å². The lowest BCUT2D eigenvalue weighted by atomic mass is 9.77. The molecule has 2 N–H and O–H groups in total. The second-order valence-corrected chi connectivity index (χ2v) is 20.5. The highest BCUT2D eigenvalue weighted by atomic mass is 32.2. The van der Waals surface area contributed by atoms with E-state index in [1.54, 1.807) is 44.7 Å². The highest BCUT2D eigenvalue weighted by Crippen LogP contribution is 2.43. The van der Waals surface area contributed by atoms with Crippen molar-refractivity contribution >= 4 is 69.5 Å². The first-order chi connectivity index (χ1) is 35.4. The van der Waals surface area contributed by atoms with Crippen molar-refractivity contribution in [2.75, 3.05) is 17.7 Å². The van der Waals surface area contributed by atoms with Crippen LogP contribution in [0.2, 0.25) is 0 Å². The molecule has 2 atom stereocenters. The van der Waals surface area contributed by atoms with E-state index >= 15 is 0 Å².